The van der Waals surface area contributed by atoms with Gasteiger partial charge in [-0.3, -0.25) is 0 Å². The lowest BCUT2D eigenvalue weighted by Gasteiger charge is -2.08. The zero-order valence-electron chi connectivity index (χ0n) is 14.2. The Morgan fingerprint density at radius 2 is 1.74 bits per heavy atom. The smallest absolute Gasteiger partial charge is 0.344 e. The van der Waals surface area contributed by atoms with Crippen molar-refractivity contribution in [2.24, 2.45) is 0 Å². The van der Waals surface area contributed by atoms with Gasteiger partial charge in [0.25, 0.3) is 0 Å². The van der Waals surface area contributed by atoms with E-state index in [-0.39, 0.29) is 11.2 Å². The highest BCUT2D eigenvalue weighted by Gasteiger charge is 2.09. The van der Waals surface area contributed by atoms with Gasteiger partial charge in [0.1, 0.15) is 5.58 Å². The van der Waals surface area contributed by atoms with E-state index < -0.39 is 5.63 Å². The van der Waals surface area contributed by atoms with Crippen molar-refractivity contribution in [1.29, 1.82) is 0 Å². The lowest BCUT2D eigenvalue weighted by Crippen LogP contribution is -2.04. The molecule has 4 rings (SSSR count). The molecule has 2 N–H and O–H groups in total. The van der Waals surface area contributed by atoms with Crippen molar-refractivity contribution in [2.45, 2.75) is 0 Å². The Labute approximate surface area is 159 Å². The number of benzene rings is 2. The summed E-state index contributed by atoms with van der Waals surface area (Å²) in [4.78, 5) is 24.5. The quantitative estimate of drug-likeness (QED) is 0.516. The van der Waals surface area contributed by atoms with Crippen molar-refractivity contribution >= 4 is 40.2 Å². The Balaban J connectivity index is 1.71. The molecule has 134 valence electrons. The predicted octanol–water partition coefficient (Wildman–Crippen LogP) is 4.08. The van der Waals surface area contributed by atoms with Crippen molar-refractivity contribution in [3.8, 4) is 11.1 Å². The molecule has 0 radical (unpaired) electrons. The number of hydrogen-bond acceptors (Lipinski definition) is 7. The maximum Gasteiger partial charge on any atom is 0.344 e. The fourth-order valence-electron chi connectivity index (χ4n) is 2.65. The highest BCUT2D eigenvalue weighted by Crippen LogP contribution is 2.24. The minimum absolute atomic E-state index is 0.0664. The van der Waals surface area contributed by atoms with E-state index in [1.54, 1.807) is 13.1 Å². The van der Waals surface area contributed by atoms with E-state index in [1.807, 2.05) is 48.5 Å². The minimum atomic E-state index is -0.397. The van der Waals surface area contributed by atoms with E-state index in [1.165, 1.54) is 0 Å². The lowest BCUT2D eigenvalue weighted by atomic mass is 10.1. The Kier molecular flexibility index (Phi) is 4.43. The van der Waals surface area contributed by atoms with Gasteiger partial charge in [-0.05, 0) is 35.4 Å². The number of fused-ring (bicyclic) bond motifs is 1. The summed E-state index contributed by atoms with van der Waals surface area (Å²) in [6.07, 6.45) is 0. The summed E-state index contributed by atoms with van der Waals surface area (Å²) < 4.78 is 5.51. The minimum Gasteiger partial charge on any atom is -0.422 e. The van der Waals surface area contributed by atoms with Crippen molar-refractivity contribution in [2.75, 3.05) is 17.7 Å². The van der Waals surface area contributed by atoms with Gasteiger partial charge in [-0.25, -0.2) is 4.79 Å². The van der Waals surface area contributed by atoms with Crippen LogP contribution in [-0.2, 0) is 0 Å². The van der Waals surface area contributed by atoms with Crippen molar-refractivity contribution in [3.05, 3.63) is 70.3 Å². The third-order valence-electron chi connectivity index (χ3n) is 3.91. The molecule has 0 unspecified atom stereocenters. The second-order valence-electron chi connectivity index (χ2n) is 5.69. The molecule has 2 aromatic carbocycles. The Bertz CT molecular complexity index is 1180. The number of nitrogens with zero attached hydrogens (tertiary/aromatic N) is 3. The highest BCUT2D eigenvalue weighted by atomic mass is 35.5. The number of halogens is 1. The van der Waals surface area contributed by atoms with Gasteiger partial charge >= 0.3 is 5.63 Å². The van der Waals surface area contributed by atoms with Crippen LogP contribution in [0.3, 0.4) is 0 Å². The molecule has 0 amide bonds. The van der Waals surface area contributed by atoms with Gasteiger partial charge in [-0.1, -0.05) is 30.3 Å². The molecule has 7 nitrogen and oxygen atoms in total. The Hall–Kier alpha value is -3.45. The predicted molar refractivity (Wildman–Crippen MR) is 106 cm³/mol. The molecule has 8 heteroatoms. The maximum absolute atomic E-state index is 12.4. The normalized spacial score (nSPS) is 10.7. The first-order valence-electron chi connectivity index (χ1n) is 8.12. The molecule has 0 fully saturated rings. The first-order valence-corrected chi connectivity index (χ1v) is 8.50. The number of aromatic nitrogens is 3. The van der Waals surface area contributed by atoms with Gasteiger partial charge in [-0.2, -0.15) is 15.0 Å². The van der Waals surface area contributed by atoms with Crippen LogP contribution in [0.25, 0.3) is 22.1 Å². The van der Waals surface area contributed by atoms with Crippen LogP contribution in [0.15, 0.2) is 63.8 Å². The van der Waals surface area contributed by atoms with Gasteiger partial charge in [0.2, 0.25) is 17.2 Å². The zero-order valence-corrected chi connectivity index (χ0v) is 15.0. The van der Waals surface area contributed by atoms with Crippen LogP contribution >= 0.6 is 11.6 Å². The van der Waals surface area contributed by atoms with E-state index in [0.717, 1.165) is 10.9 Å². The van der Waals surface area contributed by atoms with Gasteiger partial charge in [-0.15, -0.1) is 0 Å². The summed E-state index contributed by atoms with van der Waals surface area (Å²) >= 11 is 5.88. The molecule has 0 aliphatic heterocycles. The molecule has 27 heavy (non-hydrogen) atoms. The molecule has 0 saturated heterocycles. The number of anilines is 3. The SMILES string of the molecule is CNc1nc(Cl)nc(Nc2ccc3cc(-c4ccccc4)c(=O)oc3c2)n1. The molecule has 0 spiro atoms. The molecule has 0 aliphatic carbocycles. The maximum atomic E-state index is 12.4. The van der Waals surface area contributed by atoms with Crippen LogP contribution in [0.1, 0.15) is 0 Å². The number of hydrogen-bond donors (Lipinski definition) is 2. The molecule has 2 heterocycles. The first-order chi connectivity index (χ1) is 13.1. The Morgan fingerprint density at radius 3 is 2.52 bits per heavy atom. The summed E-state index contributed by atoms with van der Waals surface area (Å²) in [5, 5.41) is 6.71. The van der Waals surface area contributed by atoms with Gasteiger partial charge in [0.15, 0.2) is 0 Å². The fourth-order valence-corrected chi connectivity index (χ4v) is 2.81. The Morgan fingerprint density at radius 1 is 0.963 bits per heavy atom. The van der Waals surface area contributed by atoms with Crippen molar-refractivity contribution in [1.82, 2.24) is 15.0 Å². The van der Waals surface area contributed by atoms with Crippen LogP contribution in [0, 0.1) is 0 Å². The average molecular weight is 380 g/mol. The van der Waals surface area contributed by atoms with Crippen LogP contribution < -0.4 is 16.3 Å². The summed E-state index contributed by atoms with van der Waals surface area (Å²) in [6.45, 7) is 0. The molecular weight excluding hydrogens is 366 g/mol. The molecule has 0 atom stereocenters. The average Bonchev–Trinajstić information content (AvgIpc) is 2.67. The fraction of sp³-hybridized carbons (Fsp3) is 0.0526. The molecule has 0 bridgehead atoms. The second-order valence-corrected chi connectivity index (χ2v) is 6.03. The number of rotatable bonds is 4. The molecule has 4 aromatic rings. The van der Waals surface area contributed by atoms with Crippen LogP contribution in [0.2, 0.25) is 5.28 Å². The summed E-state index contributed by atoms with van der Waals surface area (Å²) in [7, 11) is 1.68. The number of nitrogens with one attached hydrogen (secondary N) is 2. The van der Waals surface area contributed by atoms with E-state index in [0.29, 0.717) is 22.8 Å². The van der Waals surface area contributed by atoms with Crippen molar-refractivity contribution < 1.29 is 4.42 Å². The van der Waals surface area contributed by atoms with Crippen LogP contribution in [-0.4, -0.2) is 22.0 Å². The summed E-state index contributed by atoms with van der Waals surface area (Å²) in [5.41, 5.74) is 2.05. The molecule has 2 aromatic heterocycles. The molecule has 0 aliphatic rings. The van der Waals surface area contributed by atoms with Crippen LogP contribution in [0.5, 0.6) is 0 Å². The van der Waals surface area contributed by atoms with Crippen LogP contribution in [0.4, 0.5) is 17.6 Å². The van der Waals surface area contributed by atoms with Gasteiger partial charge in [0, 0.05) is 24.2 Å². The lowest BCUT2D eigenvalue weighted by molar-refractivity contribution is 0.563. The van der Waals surface area contributed by atoms with E-state index in [2.05, 4.69) is 25.6 Å². The first kappa shape index (κ1) is 17.0. The monoisotopic (exact) mass is 379 g/mol. The van der Waals surface area contributed by atoms with Crippen molar-refractivity contribution in [3.63, 3.8) is 0 Å². The third-order valence-corrected chi connectivity index (χ3v) is 4.08. The molecule has 0 saturated carbocycles. The highest BCUT2D eigenvalue weighted by molar-refractivity contribution is 6.28. The standard InChI is InChI=1S/C19H14ClN5O2/c1-21-18-23-17(20)24-19(25-18)22-13-8-7-12-9-14(11-5-3-2-4-6-11)16(26)27-15(12)10-13/h2-10H,1H3,(H2,21,22,23,24,25). The van der Waals surface area contributed by atoms with E-state index in [9.17, 15) is 4.79 Å². The third kappa shape index (κ3) is 3.58. The van der Waals surface area contributed by atoms with E-state index in [4.69, 9.17) is 16.0 Å². The zero-order chi connectivity index (χ0) is 18.8. The van der Waals surface area contributed by atoms with Gasteiger partial charge < -0.3 is 15.1 Å². The largest absolute Gasteiger partial charge is 0.422 e. The summed E-state index contributed by atoms with van der Waals surface area (Å²) in [6, 6.07) is 16.6. The molecular formula is C19H14ClN5O2. The topological polar surface area (TPSA) is 92.9 Å². The van der Waals surface area contributed by atoms with Gasteiger partial charge in [0.05, 0.1) is 5.56 Å². The second kappa shape index (κ2) is 7.05. The summed E-state index contributed by atoms with van der Waals surface area (Å²) in [5.74, 6) is 0.624. The van der Waals surface area contributed by atoms with E-state index >= 15 is 0 Å².